The van der Waals surface area contributed by atoms with Gasteiger partial charge in [-0.2, -0.15) is 0 Å². The Kier molecular flexibility index (Phi) is 5.15. The van der Waals surface area contributed by atoms with Crippen molar-refractivity contribution in [3.63, 3.8) is 0 Å². The van der Waals surface area contributed by atoms with E-state index in [1.807, 2.05) is 0 Å². The molecule has 10 heteroatoms. The highest BCUT2D eigenvalue weighted by molar-refractivity contribution is 9.10. The predicted octanol–water partition coefficient (Wildman–Crippen LogP) is 1.36. The maximum Gasteiger partial charge on any atom is 0.332 e. The van der Waals surface area contributed by atoms with Crippen molar-refractivity contribution in [2.24, 2.45) is 10.8 Å². The van der Waals surface area contributed by atoms with Crippen LogP contribution in [0.1, 0.15) is 12.5 Å². The van der Waals surface area contributed by atoms with E-state index < -0.39 is 16.9 Å². The van der Waals surface area contributed by atoms with Crippen LogP contribution in [0.5, 0.6) is 0 Å². The minimum Gasteiger partial charge on any atom is -0.366 e. The Hall–Kier alpha value is -2.49. The van der Waals surface area contributed by atoms with Crippen LogP contribution in [-0.4, -0.2) is 28.2 Å². The highest BCUT2D eigenvalue weighted by Crippen LogP contribution is 2.21. The van der Waals surface area contributed by atoms with E-state index >= 15 is 0 Å². The Labute approximate surface area is 121 Å². The van der Waals surface area contributed by atoms with E-state index in [1.54, 1.807) is 0 Å². The number of hydrazone groups is 1. The third-order valence-corrected chi connectivity index (χ3v) is 2.60. The lowest BCUT2D eigenvalue weighted by atomic mass is 10.2. The molecule has 1 rings (SSSR count). The van der Waals surface area contributed by atoms with E-state index in [2.05, 4.69) is 25.9 Å². The number of nitro benzene ring substituents is 1. The fourth-order valence-electron chi connectivity index (χ4n) is 1.11. The summed E-state index contributed by atoms with van der Waals surface area (Å²) in [5.41, 5.74) is 5.56. The zero-order valence-corrected chi connectivity index (χ0v) is 11.8. The highest BCUT2D eigenvalue weighted by atomic mass is 79.9. The van der Waals surface area contributed by atoms with Gasteiger partial charge in [-0.05, 0) is 22.0 Å². The van der Waals surface area contributed by atoms with Gasteiger partial charge in [0.2, 0.25) is 5.96 Å². The zero-order valence-electron chi connectivity index (χ0n) is 10.2. The second kappa shape index (κ2) is 6.61. The molecule has 9 nitrogen and oxygen atoms in total. The fourth-order valence-corrected chi connectivity index (χ4v) is 1.57. The summed E-state index contributed by atoms with van der Waals surface area (Å²) in [6, 6.07) is 4.03. The minimum absolute atomic E-state index is 0.0857. The van der Waals surface area contributed by atoms with Crippen LogP contribution >= 0.6 is 15.9 Å². The molecule has 0 amide bonds. The predicted molar refractivity (Wildman–Crippen MR) is 73.9 cm³/mol. The molecule has 0 saturated heterocycles. The lowest BCUT2D eigenvalue weighted by Crippen LogP contribution is -2.33. The van der Waals surface area contributed by atoms with Crippen molar-refractivity contribution in [2.45, 2.75) is 6.92 Å². The molecular formula is C10H10BrN5O4. The standard InChI is InChI=1S/C10H10BrN5O4/c1-6(17)20-15(10(12)13)14-5-7-2-3-8(16(18)19)4-9(7)11/h2-5H,1H3,(H3,12,13)/b14-5+. The normalized spacial score (nSPS) is 10.3. The van der Waals surface area contributed by atoms with Gasteiger partial charge in [-0.25, -0.2) is 4.79 Å². The smallest absolute Gasteiger partial charge is 0.332 e. The molecule has 3 N–H and O–H groups in total. The molecule has 0 aliphatic rings. The van der Waals surface area contributed by atoms with Crippen molar-refractivity contribution in [2.75, 3.05) is 0 Å². The molecule has 0 aliphatic carbocycles. The summed E-state index contributed by atoms with van der Waals surface area (Å²) in [5, 5.41) is 22.0. The number of rotatable bonds is 3. The van der Waals surface area contributed by atoms with Crippen LogP contribution in [0.2, 0.25) is 0 Å². The summed E-state index contributed by atoms with van der Waals surface area (Å²) in [6.07, 6.45) is 1.23. The number of nitrogens with zero attached hydrogens (tertiary/aromatic N) is 3. The van der Waals surface area contributed by atoms with Gasteiger partial charge in [0.25, 0.3) is 5.69 Å². The van der Waals surface area contributed by atoms with Crippen LogP contribution in [0.25, 0.3) is 0 Å². The first kappa shape index (κ1) is 15.6. The number of non-ortho nitro benzene ring substituents is 1. The van der Waals surface area contributed by atoms with Gasteiger partial charge in [0.1, 0.15) is 0 Å². The molecule has 1 aromatic rings. The molecule has 20 heavy (non-hydrogen) atoms. The van der Waals surface area contributed by atoms with Gasteiger partial charge in [-0.1, -0.05) is 5.17 Å². The first-order valence-electron chi connectivity index (χ1n) is 5.12. The average molecular weight is 344 g/mol. The van der Waals surface area contributed by atoms with Gasteiger partial charge >= 0.3 is 5.97 Å². The molecule has 0 bridgehead atoms. The number of hydroxylamine groups is 1. The third kappa shape index (κ3) is 4.31. The summed E-state index contributed by atoms with van der Waals surface area (Å²) in [4.78, 5) is 25.4. The molecule has 0 radical (unpaired) electrons. The van der Waals surface area contributed by atoms with E-state index in [4.69, 9.17) is 11.1 Å². The van der Waals surface area contributed by atoms with Crippen LogP contribution in [0, 0.1) is 15.5 Å². The van der Waals surface area contributed by atoms with Crippen molar-refractivity contribution in [3.8, 4) is 0 Å². The first-order chi connectivity index (χ1) is 9.31. The van der Waals surface area contributed by atoms with E-state index in [0.29, 0.717) is 15.2 Å². The number of carbonyl (C=O) groups is 1. The van der Waals surface area contributed by atoms with E-state index in [0.717, 1.165) is 6.92 Å². The lowest BCUT2D eigenvalue weighted by molar-refractivity contribution is -0.384. The zero-order chi connectivity index (χ0) is 15.3. The fraction of sp³-hybridized carbons (Fsp3) is 0.100. The van der Waals surface area contributed by atoms with Gasteiger partial charge in [0.05, 0.1) is 11.1 Å². The van der Waals surface area contributed by atoms with Gasteiger partial charge in [-0.3, -0.25) is 15.5 Å². The Balaban J connectivity index is 2.96. The molecule has 0 saturated carbocycles. The third-order valence-electron chi connectivity index (χ3n) is 1.92. The molecule has 0 aromatic heterocycles. The molecule has 0 heterocycles. The van der Waals surface area contributed by atoms with Crippen molar-refractivity contribution >= 4 is 39.8 Å². The highest BCUT2D eigenvalue weighted by Gasteiger charge is 2.10. The van der Waals surface area contributed by atoms with E-state index in [1.165, 1.54) is 24.4 Å². The van der Waals surface area contributed by atoms with Gasteiger partial charge < -0.3 is 10.6 Å². The van der Waals surface area contributed by atoms with Gasteiger partial charge in [0, 0.05) is 29.1 Å². The number of hydrogen-bond acceptors (Lipinski definition) is 6. The molecular weight excluding hydrogens is 334 g/mol. The van der Waals surface area contributed by atoms with Crippen LogP contribution in [-0.2, 0) is 9.63 Å². The summed E-state index contributed by atoms with van der Waals surface area (Å²) in [6.45, 7) is 1.13. The molecule has 0 unspecified atom stereocenters. The average Bonchev–Trinajstić information content (AvgIpc) is 2.34. The number of hydrogen-bond donors (Lipinski definition) is 2. The summed E-state index contributed by atoms with van der Waals surface area (Å²) >= 11 is 3.15. The van der Waals surface area contributed by atoms with Gasteiger partial charge in [-0.15, -0.1) is 5.10 Å². The van der Waals surface area contributed by atoms with E-state index in [9.17, 15) is 14.9 Å². The SMILES string of the molecule is CC(=O)ON(/N=C/c1ccc([N+](=O)[O-])cc1Br)C(=N)N. The number of nitrogens with one attached hydrogen (secondary N) is 1. The Morgan fingerprint density at radius 3 is 2.75 bits per heavy atom. The summed E-state index contributed by atoms with van der Waals surface area (Å²) in [7, 11) is 0. The number of nitrogens with two attached hydrogens (primary N) is 1. The number of halogens is 1. The number of carbonyl (C=O) groups excluding carboxylic acids is 1. The maximum absolute atomic E-state index is 10.8. The molecule has 1 aromatic carbocycles. The van der Waals surface area contributed by atoms with Crippen molar-refractivity contribution < 1.29 is 14.6 Å². The van der Waals surface area contributed by atoms with Crippen molar-refractivity contribution in [1.29, 1.82) is 5.41 Å². The maximum atomic E-state index is 10.8. The second-order valence-corrected chi connectivity index (χ2v) is 4.30. The molecule has 106 valence electrons. The lowest BCUT2D eigenvalue weighted by Gasteiger charge is -2.13. The quantitative estimate of drug-likeness (QED) is 0.368. The van der Waals surface area contributed by atoms with Crippen LogP contribution in [0.3, 0.4) is 0 Å². The van der Waals surface area contributed by atoms with Crippen molar-refractivity contribution in [3.05, 3.63) is 38.3 Å². The summed E-state index contributed by atoms with van der Waals surface area (Å²) in [5.74, 6) is -1.28. The monoisotopic (exact) mass is 343 g/mol. The Morgan fingerprint density at radius 2 is 2.30 bits per heavy atom. The number of benzene rings is 1. The first-order valence-corrected chi connectivity index (χ1v) is 5.91. The van der Waals surface area contributed by atoms with Gasteiger partial charge in [0.15, 0.2) is 0 Å². The largest absolute Gasteiger partial charge is 0.366 e. The second-order valence-electron chi connectivity index (χ2n) is 3.45. The minimum atomic E-state index is -0.694. The van der Waals surface area contributed by atoms with Crippen LogP contribution < -0.4 is 5.73 Å². The molecule has 0 aliphatic heterocycles. The summed E-state index contributed by atoms with van der Waals surface area (Å²) < 4.78 is 0.418. The number of guanidine groups is 1. The molecule has 0 fully saturated rings. The Morgan fingerprint density at radius 1 is 1.65 bits per heavy atom. The van der Waals surface area contributed by atoms with Crippen LogP contribution in [0.15, 0.2) is 27.8 Å². The van der Waals surface area contributed by atoms with E-state index in [-0.39, 0.29) is 5.69 Å². The Bertz CT molecular complexity index is 589. The van der Waals surface area contributed by atoms with Crippen LogP contribution in [0.4, 0.5) is 5.69 Å². The topological polar surface area (TPSA) is 135 Å². The molecule has 0 atom stereocenters. The molecule has 0 spiro atoms. The van der Waals surface area contributed by atoms with Crippen molar-refractivity contribution in [1.82, 2.24) is 5.17 Å². The number of nitro groups is 1.